The maximum absolute atomic E-state index is 13.9. The van der Waals surface area contributed by atoms with Crippen molar-refractivity contribution in [2.75, 3.05) is 0 Å². The summed E-state index contributed by atoms with van der Waals surface area (Å²) >= 11 is 8.81. The number of halogens is 5. The van der Waals surface area contributed by atoms with E-state index in [1.165, 1.54) is 24.3 Å². The summed E-state index contributed by atoms with van der Waals surface area (Å²) in [6.07, 6.45) is -6.48. The van der Waals surface area contributed by atoms with E-state index in [1.54, 1.807) is 30.3 Å². The lowest BCUT2D eigenvalue weighted by atomic mass is 10.1. The molecule has 3 aromatic rings. The van der Waals surface area contributed by atoms with Crippen LogP contribution in [-0.2, 0) is 17.5 Å². The second-order valence-corrected chi connectivity index (χ2v) is 7.93. The average Bonchev–Trinajstić information content (AvgIpc) is 3.03. The molecule has 32 heavy (non-hydrogen) atoms. The van der Waals surface area contributed by atoms with Crippen molar-refractivity contribution in [1.29, 1.82) is 5.26 Å². The van der Waals surface area contributed by atoms with Crippen molar-refractivity contribution in [2.24, 2.45) is 0 Å². The first-order valence-corrected chi connectivity index (χ1v) is 10.4. The minimum absolute atomic E-state index is 0.00668. The molecule has 1 aromatic heterocycles. The largest absolute Gasteiger partial charge is 0.479 e. The first kappa shape index (κ1) is 23.7. The maximum atomic E-state index is 13.9. The maximum Gasteiger partial charge on any atom is 0.432 e. The van der Waals surface area contributed by atoms with Crippen LogP contribution in [0.4, 0.5) is 13.2 Å². The second kappa shape index (κ2) is 9.67. The van der Waals surface area contributed by atoms with Crippen molar-refractivity contribution < 1.29 is 27.8 Å². The standard InChI is InChI=1S/C22H15BrClF3N2O3/c23-18-16(12-28)19(13-6-8-14(24)9-7-13)29(20(18)22(25,26)27)11-10-17(21(30)31)32-15-4-2-1-3-5-15/h1-9,17H,10-11H2,(H,30,31). The molecule has 0 aliphatic rings. The molecule has 1 unspecified atom stereocenters. The number of hydrogen-bond acceptors (Lipinski definition) is 3. The Bertz CT molecular complexity index is 1160. The van der Waals surface area contributed by atoms with Crippen LogP contribution in [0.2, 0.25) is 5.02 Å². The van der Waals surface area contributed by atoms with Crippen molar-refractivity contribution in [3.05, 3.63) is 75.4 Å². The zero-order valence-electron chi connectivity index (χ0n) is 16.2. The number of nitrogens with zero attached hydrogens (tertiary/aromatic N) is 2. The Kier molecular flexibility index (Phi) is 7.16. The fourth-order valence-electron chi connectivity index (χ4n) is 3.24. The fraction of sp³-hybridized carbons (Fsp3) is 0.182. The van der Waals surface area contributed by atoms with Gasteiger partial charge in [0.15, 0.2) is 6.10 Å². The van der Waals surface area contributed by atoms with Gasteiger partial charge in [-0.2, -0.15) is 18.4 Å². The third-order valence-electron chi connectivity index (χ3n) is 4.61. The number of para-hydroxylation sites is 1. The normalized spacial score (nSPS) is 12.2. The van der Waals surface area contributed by atoms with Gasteiger partial charge in [-0.15, -0.1) is 0 Å². The molecule has 0 saturated carbocycles. The molecule has 0 aliphatic carbocycles. The van der Waals surface area contributed by atoms with Crippen LogP contribution < -0.4 is 4.74 Å². The molecule has 166 valence electrons. The molecule has 5 nitrogen and oxygen atoms in total. The van der Waals surface area contributed by atoms with Crippen molar-refractivity contribution in [2.45, 2.75) is 25.2 Å². The Morgan fingerprint density at radius 2 is 1.81 bits per heavy atom. The van der Waals surface area contributed by atoms with Crippen LogP contribution in [0.5, 0.6) is 5.75 Å². The summed E-state index contributed by atoms with van der Waals surface area (Å²) < 4.78 is 47.7. The fourth-order valence-corrected chi connectivity index (χ4v) is 4.08. The van der Waals surface area contributed by atoms with E-state index in [1.807, 2.05) is 6.07 Å². The van der Waals surface area contributed by atoms with Crippen molar-refractivity contribution in [1.82, 2.24) is 4.57 Å². The Hall–Kier alpha value is -2.96. The van der Waals surface area contributed by atoms with Gasteiger partial charge in [0.2, 0.25) is 0 Å². The Balaban J connectivity index is 2.06. The summed E-state index contributed by atoms with van der Waals surface area (Å²) in [5.41, 5.74) is -0.955. The molecule has 0 saturated heterocycles. The van der Waals surface area contributed by atoms with Crippen molar-refractivity contribution >= 4 is 33.5 Å². The summed E-state index contributed by atoms with van der Waals surface area (Å²) in [4.78, 5) is 11.7. The Morgan fingerprint density at radius 3 is 2.34 bits per heavy atom. The lowest BCUT2D eigenvalue weighted by Crippen LogP contribution is -2.29. The molecule has 1 atom stereocenters. The van der Waals surface area contributed by atoms with Gasteiger partial charge in [-0.1, -0.05) is 41.9 Å². The monoisotopic (exact) mass is 526 g/mol. The highest BCUT2D eigenvalue weighted by atomic mass is 79.9. The lowest BCUT2D eigenvalue weighted by molar-refractivity contribution is -0.146. The third-order valence-corrected chi connectivity index (χ3v) is 5.64. The molecule has 0 radical (unpaired) electrons. The molecule has 1 N–H and O–H groups in total. The number of alkyl halides is 3. The van der Waals surface area contributed by atoms with E-state index in [0.29, 0.717) is 10.6 Å². The van der Waals surface area contributed by atoms with E-state index in [9.17, 15) is 28.3 Å². The summed E-state index contributed by atoms with van der Waals surface area (Å²) in [5.74, 6) is -1.04. The van der Waals surface area contributed by atoms with Crippen LogP contribution in [0.15, 0.2) is 59.1 Å². The summed E-state index contributed by atoms with van der Waals surface area (Å²) in [6, 6.07) is 15.9. The van der Waals surface area contributed by atoms with Crippen LogP contribution in [0.3, 0.4) is 0 Å². The molecule has 3 rings (SSSR count). The predicted molar refractivity (Wildman–Crippen MR) is 115 cm³/mol. The molecule has 1 heterocycles. The molecule has 2 aromatic carbocycles. The summed E-state index contributed by atoms with van der Waals surface area (Å²) in [6.45, 7) is -0.364. The van der Waals surface area contributed by atoms with Gasteiger partial charge in [0.1, 0.15) is 17.5 Å². The smallest absolute Gasteiger partial charge is 0.432 e. The van der Waals surface area contributed by atoms with Gasteiger partial charge in [0.05, 0.1) is 15.7 Å². The van der Waals surface area contributed by atoms with Crippen LogP contribution in [0.1, 0.15) is 17.7 Å². The molecule has 10 heteroatoms. The molecule has 0 bridgehead atoms. The van der Waals surface area contributed by atoms with Gasteiger partial charge in [0.25, 0.3) is 0 Å². The number of carbonyl (C=O) groups is 1. The van der Waals surface area contributed by atoms with Crippen molar-refractivity contribution in [3.8, 4) is 23.1 Å². The number of rotatable bonds is 7. The van der Waals surface area contributed by atoms with E-state index in [4.69, 9.17) is 16.3 Å². The van der Waals surface area contributed by atoms with E-state index in [-0.39, 0.29) is 30.0 Å². The van der Waals surface area contributed by atoms with Crippen LogP contribution in [0, 0.1) is 11.3 Å². The second-order valence-electron chi connectivity index (χ2n) is 6.70. The highest BCUT2D eigenvalue weighted by Gasteiger charge is 2.41. The number of carboxylic acid groups (broad SMARTS) is 1. The lowest BCUT2D eigenvalue weighted by Gasteiger charge is -2.19. The van der Waals surface area contributed by atoms with E-state index in [0.717, 1.165) is 4.57 Å². The van der Waals surface area contributed by atoms with Crippen molar-refractivity contribution in [3.63, 3.8) is 0 Å². The number of benzene rings is 2. The summed E-state index contributed by atoms with van der Waals surface area (Å²) in [7, 11) is 0. The molecular formula is C22H15BrClF3N2O3. The van der Waals surface area contributed by atoms with Crippen LogP contribution >= 0.6 is 27.5 Å². The first-order chi connectivity index (χ1) is 15.1. The number of ether oxygens (including phenoxy) is 1. The molecule has 0 fully saturated rings. The SMILES string of the molecule is N#Cc1c(Br)c(C(F)(F)F)n(CCC(Oc2ccccc2)C(=O)O)c1-c1ccc(Cl)cc1. The van der Waals surface area contributed by atoms with Crippen LogP contribution in [-0.4, -0.2) is 21.7 Å². The summed E-state index contributed by atoms with van der Waals surface area (Å²) in [5, 5.41) is 19.5. The minimum Gasteiger partial charge on any atom is -0.479 e. The highest BCUT2D eigenvalue weighted by molar-refractivity contribution is 9.10. The molecule has 0 aliphatic heterocycles. The average molecular weight is 528 g/mol. The van der Waals surface area contributed by atoms with E-state index >= 15 is 0 Å². The third kappa shape index (κ3) is 5.09. The zero-order valence-corrected chi connectivity index (χ0v) is 18.6. The van der Waals surface area contributed by atoms with Gasteiger partial charge in [-0.3, -0.25) is 0 Å². The topological polar surface area (TPSA) is 75.2 Å². The Labute approximate surface area is 194 Å². The molecule has 0 spiro atoms. The van der Waals surface area contributed by atoms with Gasteiger partial charge in [-0.05, 0) is 45.8 Å². The van der Waals surface area contributed by atoms with Crippen LogP contribution in [0.25, 0.3) is 11.3 Å². The number of carboxylic acids is 1. The quantitative estimate of drug-likeness (QED) is 0.387. The van der Waals surface area contributed by atoms with Gasteiger partial charge >= 0.3 is 12.1 Å². The number of aromatic nitrogens is 1. The molecule has 0 amide bonds. The molecular weight excluding hydrogens is 513 g/mol. The number of aliphatic carboxylic acids is 1. The first-order valence-electron chi connectivity index (χ1n) is 9.23. The van der Waals surface area contributed by atoms with Gasteiger partial charge in [0, 0.05) is 18.0 Å². The number of nitriles is 1. The van der Waals surface area contributed by atoms with E-state index in [2.05, 4.69) is 15.9 Å². The predicted octanol–water partition coefficient (Wildman–Crippen LogP) is 6.38. The Morgan fingerprint density at radius 1 is 1.19 bits per heavy atom. The minimum atomic E-state index is -4.80. The zero-order chi connectivity index (χ0) is 23.5. The highest BCUT2D eigenvalue weighted by Crippen LogP contribution is 2.43. The van der Waals surface area contributed by atoms with Gasteiger partial charge < -0.3 is 14.4 Å². The van der Waals surface area contributed by atoms with Gasteiger partial charge in [-0.25, -0.2) is 4.79 Å². The number of hydrogen-bond donors (Lipinski definition) is 1. The van der Waals surface area contributed by atoms with E-state index < -0.39 is 28.4 Å².